The van der Waals surface area contributed by atoms with Gasteiger partial charge in [0.1, 0.15) is 6.07 Å². The van der Waals surface area contributed by atoms with E-state index in [9.17, 15) is 0 Å². The maximum absolute atomic E-state index is 8.91. The number of aryl methyl sites for hydroxylation is 1. The zero-order valence-corrected chi connectivity index (χ0v) is 9.48. The van der Waals surface area contributed by atoms with Gasteiger partial charge in [0.05, 0.1) is 6.04 Å². The van der Waals surface area contributed by atoms with Crippen molar-refractivity contribution in [2.45, 2.75) is 50.7 Å². The summed E-state index contributed by atoms with van der Waals surface area (Å²) in [6.07, 6.45) is 6.93. The van der Waals surface area contributed by atoms with Crippen molar-refractivity contribution in [3.8, 4) is 6.07 Å². The van der Waals surface area contributed by atoms with Crippen molar-refractivity contribution in [2.24, 2.45) is 0 Å². The third kappa shape index (κ3) is 1.52. The number of nitriles is 1. The smallest absolute Gasteiger partial charge is 0.165 e. The molecule has 0 radical (unpaired) electrons. The van der Waals surface area contributed by atoms with Gasteiger partial charge in [-0.15, -0.1) is 0 Å². The maximum Gasteiger partial charge on any atom is 0.165 e. The van der Waals surface area contributed by atoms with Crippen LogP contribution >= 0.6 is 0 Å². The van der Waals surface area contributed by atoms with E-state index in [1.165, 1.54) is 12.8 Å². The van der Waals surface area contributed by atoms with Crippen LogP contribution in [0.4, 0.5) is 0 Å². The van der Waals surface area contributed by atoms with Crippen LogP contribution in [0.5, 0.6) is 0 Å². The number of piperidine rings is 1. The Labute approximate surface area is 95.3 Å². The predicted octanol–water partition coefficient (Wildman–Crippen LogP) is 1.52. The van der Waals surface area contributed by atoms with Crippen molar-refractivity contribution in [1.29, 1.82) is 5.26 Å². The molecule has 1 N–H and O–H groups in total. The molecule has 2 aliphatic rings. The molecule has 0 aromatic carbocycles. The third-order valence-corrected chi connectivity index (χ3v) is 3.84. The summed E-state index contributed by atoms with van der Waals surface area (Å²) in [5.41, 5.74) is 1.57. The quantitative estimate of drug-likeness (QED) is 0.774. The van der Waals surface area contributed by atoms with E-state index in [4.69, 9.17) is 5.26 Å². The number of nitrogens with zero attached hydrogens (tertiary/aromatic N) is 3. The van der Waals surface area contributed by atoms with Crippen LogP contribution in [-0.2, 0) is 0 Å². The summed E-state index contributed by atoms with van der Waals surface area (Å²) in [6, 6.07) is 3.96. The average molecular weight is 216 g/mol. The Bertz CT molecular complexity index is 430. The van der Waals surface area contributed by atoms with Gasteiger partial charge in [-0.05, 0) is 32.6 Å². The van der Waals surface area contributed by atoms with Crippen LogP contribution in [0.25, 0.3) is 0 Å². The van der Waals surface area contributed by atoms with Crippen LogP contribution < -0.4 is 5.32 Å². The highest BCUT2D eigenvalue weighted by Crippen LogP contribution is 2.33. The zero-order valence-electron chi connectivity index (χ0n) is 9.48. The molecule has 0 saturated carbocycles. The van der Waals surface area contributed by atoms with Gasteiger partial charge in [0.25, 0.3) is 0 Å². The van der Waals surface area contributed by atoms with Crippen LogP contribution in [-0.4, -0.2) is 21.9 Å². The average Bonchev–Trinajstić information content (AvgIpc) is 2.82. The highest BCUT2D eigenvalue weighted by atomic mass is 15.3. The molecule has 16 heavy (non-hydrogen) atoms. The summed E-state index contributed by atoms with van der Waals surface area (Å²) >= 11 is 0. The molecule has 1 unspecified atom stereocenters. The molecular weight excluding hydrogens is 200 g/mol. The van der Waals surface area contributed by atoms with Crippen molar-refractivity contribution >= 4 is 0 Å². The largest absolute Gasteiger partial charge is 0.311 e. The third-order valence-electron chi connectivity index (χ3n) is 3.84. The lowest BCUT2D eigenvalue weighted by Gasteiger charge is -2.29. The SMILES string of the molecule is Cc1cn(C2C[C@H]3CC[C@@H](C2)N3)nc1C#N. The Hall–Kier alpha value is -1.34. The number of nitrogens with one attached hydrogen (secondary N) is 1. The van der Waals surface area contributed by atoms with Crippen LogP contribution in [0.2, 0.25) is 0 Å². The molecule has 4 nitrogen and oxygen atoms in total. The van der Waals surface area contributed by atoms with Crippen molar-refractivity contribution in [3.05, 3.63) is 17.5 Å². The minimum absolute atomic E-state index is 0.486. The first-order valence-electron chi connectivity index (χ1n) is 5.98. The van der Waals surface area contributed by atoms with Crippen molar-refractivity contribution < 1.29 is 0 Å². The number of aromatic nitrogens is 2. The van der Waals surface area contributed by atoms with E-state index in [1.807, 2.05) is 17.8 Å². The molecule has 0 spiro atoms. The molecule has 1 aromatic heterocycles. The van der Waals surface area contributed by atoms with Crippen LogP contribution in [0, 0.1) is 18.3 Å². The van der Waals surface area contributed by atoms with E-state index in [0.29, 0.717) is 23.8 Å². The molecule has 3 heterocycles. The first kappa shape index (κ1) is 9.86. The summed E-state index contributed by atoms with van der Waals surface area (Å²) in [7, 11) is 0. The van der Waals surface area contributed by atoms with Gasteiger partial charge >= 0.3 is 0 Å². The first-order chi connectivity index (χ1) is 7.76. The van der Waals surface area contributed by atoms with E-state index in [0.717, 1.165) is 18.4 Å². The predicted molar refractivity (Wildman–Crippen MR) is 59.9 cm³/mol. The Kier molecular flexibility index (Phi) is 2.22. The number of fused-ring (bicyclic) bond motifs is 2. The summed E-state index contributed by atoms with van der Waals surface area (Å²) in [6.45, 7) is 1.96. The number of hydrogen-bond donors (Lipinski definition) is 1. The van der Waals surface area contributed by atoms with E-state index in [2.05, 4.69) is 16.5 Å². The van der Waals surface area contributed by atoms with E-state index in [-0.39, 0.29) is 0 Å². The summed E-state index contributed by atoms with van der Waals surface area (Å²) in [5.74, 6) is 0. The fourth-order valence-corrected chi connectivity index (χ4v) is 3.02. The normalized spacial score (nSPS) is 32.6. The van der Waals surface area contributed by atoms with Gasteiger partial charge in [0.15, 0.2) is 5.69 Å². The van der Waals surface area contributed by atoms with Gasteiger partial charge in [-0.1, -0.05) is 0 Å². The Morgan fingerprint density at radius 2 is 2.12 bits per heavy atom. The molecular formula is C12H16N4. The van der Waals surface area contributed by atoms with E-state index in [1.54, 1.807) is 0 Å². The van der Waals surface area contributed by atoms with Crippen LogP contribution in [0.15, 0.2) is 6.20 Å². The highest BCUT2D eigenvalue weighted by molar-refractivity contribution is 5.27. The second-order valence-corrected chi connectivity index (χ2v) is 5.02. The van der Waals surface area contributed by atoms with Gasteiger partial charge in [-0.2, -0.15) is 10.4 Å². The number of rotatable bonds is 1. The lowest BCUT2D eigenvalue weighted by atomic mass is 10.0. The van der Waals surface area contributed by atoms with Crippen LogP contribution in [0.1, 0.15) is 43.0 Å². The van der Waals surface area contributed by atoms with Crippen molar-refractivity contribution in [2.75, 3.05) is 0 Å². The zero-order chi connectivity index (χ0) is 11.1. The summed E-state index contributed by atoms with van der Waals surface area (Å²) < 4.78 is 2.01. The molecule has 2 fully saturated rings. The van der Waals surface area contributed by atoms with Crippen molar-refractivity contribution in [3.63, 3.8) is 0 Å². The van der Waals surface area contributed by atoms with Gasteiger partial charge in [0, 0.05) is 23.8 Å². The molecule has 3 rings (SSSR count). The second-order valence-electron chi connectivity index (χ2n) is 5.02. The van der Waals surface area contributed by atoms with Crippen molar-refractivity contribution in [1.82, 2.24) is 15.1 Å². The lowest BCUT2D eigenvalue weighted by Crippen LogP contribution is -2.39. The van der Waals surface area contributed by atoms with Gasteiger partial charge < -0.3 is 5.32 Å². The molecule has 2 aliphatic heterocycles. The summed E-state index contributed by atoms with van der Waals surface area (Å²) in [4.78, 5) is 0. The Morgan fingerprint density at radius 1 is 1.44 bits per heavy atom. The monoisotopic (exact) mass is 216 g/mol. The van der Waals surface area contributed by atoms with Gasteiger partial charge in [-0.3, -0.25) is 4.68 Å². The molecule has 0 aliphatic carbocycles. The van der Waals surface area contributed by atoms with Gasteiger partial charge in [-0.25, -0.2) is 0 Å². The molecule has 2 bridgehead atoms. The highest BCUT2D eigenvalue weighted by Gasteiger charge is 2.34. The topological polar surface area (TPSA) is 53.6 Å². The molecule has 0 amide bonds. The van der Waals surface area contributed by atoms with E-state index >= 15 is 0 Å². The fraction of sp³-hybridized carbons (Fsp3) is 0.667. The summed E-state index contributed by atoms with van der Waals surface area (Å²) in [5, 5.41) is 16.9. The van der Waals surface area contributed by atoms with Crippen LogP contribution in [0.3, 0.4) is 0 Å². The standard InChI is InChI=1S/C12H16N4/c1-8-7-16(15-12(8)6-13)11-4-9-2-3-10(5-11)14-9/h7,9-11,14H,2-5H2,1H3/t9-,10+,11?. The molecule has 1 aromatic rings. The minimum Gasteiger partial charge on any atom is -0.311 e. The molecule has 3 atom stereocenters. The number of hydrogen-bond acceptors (Lipinski definition) is 3. The fourth-order valence-electron chi connectivity index (χ4n) is 3.02. The molecule has 2 saturated heterocycles. The van der Waals surface area contributed by atoms with E-state index < -0.39 is 0 Å². The minimum atomic E-state index is 0.486. The molecule has 4 heteroatoms. The first-order valence-corrected chi connectivity index (χ1v) is 5.98. The Morgan fingerprint density at radius 3 is 2.69 bits per heavy atom. The second kappa shape index (κ2) is 3.60. The maximum atomic E-state index is 8.91. The lowest BCUT2D eigenvalue weighted by molar-refractivity contribution is 0.281. The Balaban J connectivity index is 1.84. The van der Waals surface area contributed by atoms with Gasteiger partial charge in [0.2, 0.25) is 0 Å². The molecule has 84 valence electrons.